The fourth-order valence-corrected chi connectivity index (χ4v) is 1.22. The van der Waals surface area contributed by atoms with Gasteiger partial charge in [-0.05, 0) is 0 Å². The van der Waals surface area contributed by atoms with Gasteiger partial charge < -0.3 is 14.6 Å². The maximum atomic E-state index is 10.7. The second-order valence-electron chi connectivity index (χ2n) is 2.67. The van der Waals surface area contributed by atoms with Gasteiger partial charge in [-0.2, -0.15) is 0 Å². The van der Waals surface area contributed by atoms with Gasteiger partial charge >= 0.3 is 6.09 Å². The van der Waals surface area contributed by atoms with Crippen molar-refractivity contribution >= 4 is 6.09 Å². The summed E-state index contributed by atoms with van der Waals surface area (Å²) >= 11 is 0. The Kier molecular flexibility index (Phi) is 1.49. The number of carbonyl (C=O) groups excluding carboxylic acids is 1. The summed E-state index contributed by atoms with van der Waals surface area (Å²) in [4.78, 5) is 14.8. The van der Waals surface area contributed by atoms with E-state index >= 15 is 0 Å². The van der Waals surface area contributed by atoms with Crippen molar-refractivity contribution in [3.63, 3.8) is 0 Å². The van der Waals surface area contributed by atoms with Crippen LogP contribution in [0.1, 0.15) is 11.9 Å². The molecule has 1 atom stereocenters. The maximum absolute atomic E-state index is 10.7. The standard InChI is InChI=1S/C7H9N3O2/c1-10-3-2-8-6(10)5-4-9-7(11)12-5/h2-3,5H,4H2,1H3,(H,9,11)/t5-/m0/s1. The number of rotatable bonds is 1. The summed E-state index contributed by atoms with van der Waals surface area (Å²) < 4.78 is 6.79. The van der Waals surface area contributed by atoms with Gasteiger partial charge in [-0.25, -0.2) is 9.78 Å². The predicted molar refractivity (Wildman–Crippen MR) is 40.4 cm³/mol. The van der Waals surface area contributed by atoms with E-state index < -0.39 is 0 Å². The number of ether oxygens (including phenoxy) is 1. The molecule has 1 saturated heterocycles. The van der Waals surface area contributed by atoms with Gasteiger partial charge in [-0.15, -0.1) is 0 Å². The number of imidazole rings is 1. The molecule has 12 heavy (non-hydrogen) atoms. The molecular weight excluding hydrogens is 158 g/mol. The quantitative estimate of drug-likeness (QED) is 0.650. The zero-order valence-corrected chi connectivity index (χ0v) is 6.65. The zero-order chi connectivity index (χ0) is 8.55. The fourth-order valence-electron chi connectivity index (χ4n) is 1.22. The van der Waals surface area contributed by atoms with Crippen LogP contribution in [0.25, 0.3) is 0 Å². The molecule has 1 fully saturated rings. The normalized spacial score (nSPS) is 22.1. The van der Waals surface area contributed by atoms with Crippen molar-refractivity contribution in [1.29, 1.82) is 0 Å². The first kappa shape index (κ1) is 7.15. The van der Waals surface area contributed by atoms with E-state index in [0.717, 1.165) is 5.82 Å². The van der Waals surface area contributed by atoms with Crippen molar-refractivity contribution in [1.82, 2.24) is 14.9 Å². The van der Waals surface area contributed by atoms with E-state index in [1.54, 1.807) is 6.20 Å². The predicted octanol–water partition coefficient (Wildman–Crippen LogP) is 0.201. The Bertz CT molecular complexity index is 307. The number of nitrogens with zero attached hydrogens (tertiary/aromatic N) is 2. The third-order valence-corrected chi connectivity index (χ3v) is 1.83. The monoisotopic (exact) mass is 167 g/mol. The lowest BCUT2D eigenvalue weighted by atomic mass is 10.3. The molecule has 1 N–H and O–H groups in total. The molecule has 0 bridgehead atoms. The number of hydrogen-bond donors (Lipinski definition) is 1. The summed E-state index contributed by atoms with van der Waals surface area (Å²) in [5.74, 6) is 0.772. The van der Waals surface area contributed by atoms with Gasteiger partial charge in [0.15, 0.2) is 11.9 Å². The van der Waals surface area contributed by atoms with E-state index in [1.807, 2.05) is 17.8 Å². The van der Waals surface area contributed by atoms with E-state index in [-0.39, 0.29) is 12.2 Å². The van der Waals surface area contributed by atoms with E-state index in [0.29, 0.717) is 6.54 Å². The Balaban J connectivity index is 2.21. The number of nitrogens with one attached hydrogen (secondary N) is 1. The van der Waals surface area contributed by atoms with E-state index in [1.165, 1.54) is 0 Å². The second-order valence-corrected chi connectivity index (χ2v) is 2.67. The van der Waals surface area contributed by atoms with Crippen LogP contribution in [-0.4, -0.2) is 22.2 Å². The number of aryl methyl sites for hydroxylation is 1. The van der Waals surface area contributed by atoms with Crippen LogP contribution in [0.2, 0.25) is 0 Å². The summed E-state index contributed by atoms with van der Waals surface area (Å²) in [5, 5.41) is 2.57. The molecule has 2 rings (SSSR count). The van der Waals surface area contributed by atoms with Gasteiger partial charge in [-0.1, -0.05) is 0 Å². The van der Waals surface area contributed by atoms with Crippen molar-refractivity contribution in [2.45, 2.75) is 6.10 Å². The highest BCUT2D eigenvalue weighted by Gasteiger charge is 2.26. The van der Waals surface area contributed by atoms with Gasteiger partial charge in [0, 0.05) is 19.4 Å². The van der Waals surface area contributed by atoms with Gasteiger partial charge in [0.25, 0.3) is 0 Å². The molecular formula is C7H9N3O2. The molecule has 0 radical (unpaired) electrons. The molecule has 1 aliphatic heterocycles. The number of carbonyl (C=O) groups is 1. The Morgan fingerprint density at radius 2 is 2.67 bits per heavy atom. The van der Waals surface area contributed by atoms with E-state index in [4.69, 9.17) is 4.74 Å². The van der Waals surface area contributed by atoms with Crippen molar-refractivity contribution in [3.05, 3.63) is 18.2 Å². The Morgan fingerprint density at radius 3 is 3.17 bits per heavy atom. The molecule has 0 saturated carbocycles. The first-order chi connectivity index (χ1) is 5.77. The van der Waals surface area contributed by atoms with Crippen LogP contribution in [-0.2, 0) is 11.8 Å². The van der Waals surface area contributed by atoms with Crippen LogP contribution in [0.4, 0.5) is 4.79 Å². The topological polar surface area (TPSA) is 56.2 Å². The Morgan fingerprint density at radius 1 is 1.83 bits per heavy atom. The first-order valence-electron chi connectivity index (χ1n) is 3.69. The van der Waals surface area contributed by atoms with Crippen molar-refractivity contribution in [2.24, 2.45) is 7.05 Å². The minimum absolute atomic E-state index is 0.238. The molecule has 1 aromatic rings. The third-order valence-electron chi connectivity index (χ3n) is 1.83. The van der Waals surface area contributed by atoms with Gasteiger partial charge in [0.05, 0.1) is 6.54 Å². The molecule has 1 amide bonds. The molecule has 1 aliphatic rings. The lowest BCUT2D eigenvalue weighted by molar-refractivity contribution is 0.135. The molecule has 0 aliphatic carbocycles. The highest BCUT2D eigenvalue weighted by molar-refractivity contribution is 5.69. The number of aromatic nitrogens is 2. The van der Waals surface area contributed by atoms with Crippen molar-refractivity contribution < 1.29 is 9.53 Å². The third kappa shape index (κ3) is 1.03. The number of amides is 1. The van der Waals surface area contributed by atoms with Crippen LogP contribution in [0.15, 0.2) is 12.4 Å². The smallest absolute Gasteiger partial charge is 0.408 e. The van der Waals surface area contributed by atoms with Crippen LogP contribution in [0, 0.1) is 0 Å². The Labute approximate surface area is 69.3 Å². The number of hydrogen-bond acceptors (Lipinski definition) is 3. The molecule has 0 unspecified atom stereocenters. The molecule has 5 heteroatoms. The zero-order valence-electron chi connectivity index (χ0n) is 6.65. The highest BCUT2D eigenvalue weighted by Crippen LogP contribution is 2.17. The fraction of sp³-hybridized carbons (Fsp3) is 0.429. The van der Waals surface area contributed by atoms with Crippen LogP contribution < -0.4 is 5.32 Å². The summed E-state index contributed by atoms with van der Waals surface area (Å²) in [6.45, 7) is 0.504. The molecule has 64 valence electrons. The number of alkyl carbamates (subject to hydrolysis) is 1. The SMILES string of the molecule is Cn1ccnc1[C@@H]1CNC(=O)O1. The number of cyclic esters (lactones) is 1. The maximum Gasteiger partial charge on any atom is 0.408 e. The van der Waals surface area contributed by atoms with Gasteiger partial charge in [0.1, 0.15) is 0 Å². The molecule has 0 aromatic carbocycles. The average molecular weight is 167 g/mol. The lowest BCUT2D eigenvalue weighted by Crippen LogP contribution is -2.13. The summed E-state index contributed by atoms with van der Waals surface area (Å²) in [6, 6.07) is 0. The molecule has 1 aromatic heterocycles. The highest BCUT2D eigenvalue weighted by atomic mass is 16.6. The van der Waals surface area contributed by atoms with E-state index in [2.05, 4.69) is 10.3 Å². The molecule has 2 heterocycles. The largest absolute Gasteiger partial charge is 0.436 e. The summed E-state index contributed by atoms with van der Waals surface area (Å²) in [6.07, 6.45) is 2.89. The minimum atomic E-state index is -0.372. The molecule has 5 nitrogen and oxygen atoms in total. The van der Waals surface area contributed by atoms with Crippen LogP contribution >= 0.6 is 0 Å². The van der Waals surface area contributed by atoms with Crippen LogP contribution in [0.3, 0.4) is 0 Å². The first-order valence-corrected chi connectivity index (χ1v) is 3.69. The van der Waals surface area contributed by atoms with E-state index in [9.17, 15) is 4.79 Å². The second kappa shape index (κ2) is 2.51. The summed E-state index contributed by atoms with van der Waals surface area (Å²) in [5.41, 5.74) is 0. The van der Waals surface area contributed by atoms with Crippen LogP contribution in [0.5, 0.6) is 0 Å². The Hall–Kier alpha value is -1.52. The van der Waals surface area contributed by atoms with Crippen molar-refractivity contribution in [3.8, 4) is 0 Å². The van der Waals surface area contributed by atoms with Gasteiger partial charge in [-0.3, -0.25) is 0 Å². The average Bonchev–Trinajstić information content (AvgIpc) is 2.58. The summed E-state index contributed by atoms with van der Waals surface area (Å²) in [7, 11) is 1.87. The molecule has 0 spiro atoms. The van der Waals surface area contributed by atoms with Crippen molar-refractivity contribution in [2.75, 3.05) is 6.54 Å². The minimum Gasteiger partial charge on any atom is -0.436 e. The van der Waals surface area contributed by atoms with Gasteiger partial charge in [0.2, 0.25) is 0 Å². The lowest BCUT2D eigenvalue weighted by Gasteiger charge is -2.06.